The molecule has 0 radical (unpaired) electrons. The molecular formula is C11H22N2O2. The molecule has 1 aliphatic rings. The Labute approximate surface area is 91.8 Å². The Bertz CT molecular complexity index is 223. The topological polar surface area (TPSA) is 50.4 Å². The lowest BCUT2D eigenvalue weighted by Crippen LogP contribution is -2.37. The van der Waals surface area contributed by atoms with E-state index in [0.717, 1.165) is 13.0 Å². The van der Waals surface area contributed by atoms with Crippen LogP contribution in [0, 0.1) is 5.92 Å². The van der Waals surface area contributed by atoms with Crippen molar-refractivity contribution in [1.29, 1.82) is 0 Å². The van der Waals surface area contributed by atoms with Gasteiger partial charge in [0.15, 0.2) is 0 Å². The summed E-state index contributed by atoms with van der Waals surface area (Å²) >= 11 is 0. The number of rotatable bonds is 2. The van der Waals surface area contributed by atoms with Crippen molar-refractivity contribution in [3.8, 4) is 0 Å². The zero-order valence-corrected chi connectivity index (χ0v) is 10.1. The lowest BCUT2D eigenvalue weighted by molar-refractivity contribution is 0.0518. The number of carbonyl (C=O) groups excluding carboxylic acids is 1. The molecule has 0 bridgehead atoms. The van der Waals surface area contributed by atoms with Gasteiger partial charge >= 0.3 is 6.09 Å². The van der Waals surface area contributed by atoms with Gasteiger partial charge in [-0.2, -0.15) is 0 Å². The molecule has 0 aromatic carbocycles. The highest BCUT2D eigenvalue weighted by Crippen LogP contribution is 2.14. The highest BCUT2D eigenvalue weighted by Gasteiger charge is 2.24. The summed E-state index contributed by atoms with van der Waals surface area (Å²) in [6, 6.07) is 0.486. The maximum Gasteiger partial charge on any atom is 0.407 e. The van der Waals surface area contributed by atoms with Gasteiger partial charge < -0.3 is 15.4 Å². The van der Waals surface area contributed by atoms with E-state index in [1.807, 2.05) is 20.8 Å². The molecule has 0 aliphatic carbocycles. The molecule has 1 saturated heterocycles. The van der Waals surface area contributed by atoms with E-state index in [2.05, 4.69) is 17.6 Å². The zero-order valence-electron chi connectivity index (χ0n) is 10.1. The Morgan fingerprint density at radius 1 is 1.53 bits per heavy atom. The van der Waals surface area contributed by atoms with Crippen molar-refractivity contribution < 1.29 is 9.53 Å². The molecule has 1 fully saturated rings. The Morgan fingerprint density at radius 3 is 2.67 bits per heavy atom. The third-order valence-corrected chi connectivity index (χ3v) is 2.60. The van der Waals surface area contributed by atoms with Crippen LogP contribution in [0.15, 0.2) is 0 Å². The van der Waals surface area contributed by atoms with Crippen molar-refractivity contribution >= 4 is 6.09 Å². The lowest BCUT2D eigenvalue weighted by Gasteiger charge is -2.21. The summed E-state index contributed by atoms with van der Waals surface area (Å²) in [5.41, 5.74) is -0.413. The van der Waals surface area contributed by atoms with E-state index in [9.17, 15) is 4.79 Å². The fourth-order valence-electron chi connectivity index (χ4n) is 1.72. The van der Waals surface area contributed by atoms with Crippen LogP contribution < -0.4 is 10.6 Å². The summed E-state index contributed by atoms with van der Waals surface area (Å²) in [6.45, 7) is 9.49. The second-order valence-electron chi connectivity index (χ2n) is 5.17. The summed E-state index contributed by atoms with van der Waals surface area (Å²) in [6.07, 6.45) is 0.804. The quantitative estimate of drug-likeness (QED) is 0.732. The van der Waals surface area contributed by atoms with E-state index in [4.69, 9.17) is 4.74 Å². The lowest BCUT2D eigenvalue weighted by atomic mass is 10.0. The zero-order chi connectivity index (χ0) is 11.5. The third-order valence-electron chi connectivity index (χ3n) is 2.60. The van der Waals surface area contributed by atoms with Crippen LogP contribution in [0.2, 0.25) is 0 Å². The van der Waals surface area contributed by atoms with Gasteiger partial charge in [-0.15, -0.1) is 0 Å². The second-order valence-corrected chi connectivity index (χ2v) is 5.17. The van der Waals surface area contributed by atoms with Crippen LogP contribution in [0.5, 0.6) is 0 Å². The van der Waals surface area contributed by atoms with Crippen LogP contribution in [0.4, 0.5) is 4.79 Å². The fraction of sp³-hybridized carbons (Fsp3) is 0.909. The monoisotopic (exact) mass is 214 g/mol. The fourth-order valence-corrected chi connectivity index (χ4v) is 1.72. The highest BCUT2D eigenvalue weighted by atomic mass is 16.6. The van der Waals surface area contributed by atoms with Gasteiger partial charge in [0.25, 0.3) is 0 Å². The molecule has 15 heavy (non-hydrogen) atoms. The average Bonchev–Trinajstić information content (AvgIpc) is 2.44. The van der Waals surface area contributed by atoms with Crippen molar-refractivity contribution in [2.75, 3.05) is 13.1 Å². The smallest absolute Gasteiger partial charge is 0.407 e. The van der Waals surface area contributed by atoms with Gasteiger partial charge in [-0.25, -0.2) is 4.79 Å². The number of hydrogen-bond donors (Lipinski definition) is 2. The van der Waals surface area contributed by atoms with E-state index in [-0.39, 0.29) is 6.09 Å². The van der Waals surface area contributed by atoms with Gasteiger partial charge in [0.1, 0.15) is 5.60 Å². The van der Waals surface area contributed by atoms with Crippen LogP contribution in [0.1, 0.15) is 34.1 Å². The van der Waals surface area contributed by atoms with E-state index in [0.29, 0.717) is 18.5 Å². The Morgan fingerprint density at radius 2 is 2.20 bits per heavy atom. The molecule has 0 spiro atoms. The first-order chi connectivity index (χ1) is 6.88. The minimum atomic E-state index is -0.413. The van der Waals surface area contributed by atoms with Gasteiger partial charge in [0.2, 0.25) is 0 Å². The number of ether oxygens (including phenoxy) is 1. The van der Waals surface area contributed by atoms with Gasteiger partial charge in [0, 0.05) is 12.6 Å². The second kappa shape index (κ2) is 4.84. The van der Waals surface area contributed by atoms with E-state index in [1.165, 1.54) is 0 Å². The Balaban J connectivity index is 2.22. The van der Waals surface area contributed by atoms with Crippen LogP contribution in [0.25, 0.3) is 0 Å². The predicted octanol–water partition coefficient (Wildman–Crippen LogP) is 1.51. The van der Waals surface area contributed by atoms with Crippen molar-refractivity contribution in [2.24, 2.45) is 5.92 Å². The maximum absolute atomic E-state index is 11.4. The summed E-state index contributed by atoms with van der Waals surface area (Å²) in [5.74, 6) is 0.525. The summed E-state index contributed by atoms with van der Waals surface area (Å²) in [5, 5.41) is 6.16. The Kier molecular flexibility index (Phi) is 3.97. The summed E-state index contributed by atoms with van der Waals surface area (Å²) < 4.78 is 5.16. The number of carbonyl (C=O) groups is 1. The molecule has 0 saturated carbocycles. The molecule has 1 aliphatic heterocycles. The molecule has 1 amide bonds. The van der Waals surface area contributed by atoms with Gasteiger partial charge in [-0.1, -0.05) is 0 Å². The van der Waals surface area contributed by atoms with Gasteiger partial charge in [0.05, 0.1) is 0 Å². The van der Waals surface area contributed by atoms with E-state index >= 15 is 0 Å². The van der Waals surface area contributed by atoms with Crippen molar-refractivity contribution in [3.05, 3.63) is 0 Å². The van der Waals surface area contributed by atoms with E-state index in [1.54, 1.807) is 0 Å². The van der Waals surface area contributed by atoms with Crippen LogP contribution in [-0.2, 0) is 4.74 Å². The van der Waals surface area contributed by atoms with Crippen LogP contribution in [0.3, 0.4) is 0 Å². The largest absolute Gasteiger partial charge is 0.444 e. The molecule has 0 aromatic heterocycles. The Hall–Kier alpha value is -0.770. The number of alkyl carbamates (subject to hydrolysis) is 1. The highest BCUT2D eigenvalue weighted by molar-refractivity contribution is 5.67. The summed E-state index contributed by atoms with van der Waals surface area (Å²) in [7, 11) is 0. The number of amides is 1. The molecule has 0 aromatic rings. The predicted molar refractivity (Wildman–Crippen MR) is 59.8 cm³/mol. The first-order valence-corrected chi connectivity index (χ1v) is 5.59. The van der Waals surface area contributed by atoms with Crippen LogP contribution >= 0.6 is 0 Å². The van der Waals surface area contributed by atoms with Crippen molar-refractivity contribution in [2.45, 2.75) is 45.8 Å². The first-order valence-electron chi connectivity index (χ1n) is 5.59. The molecule has 2 N–H and O–H groups in total. The minimum absolute atomic E-state index is 0.318. The van der Waals surface area contributed by atoms with Crippen LogP contribution in [-0.4, -0.2) is 30.8 Å². The molecule has 0 unspecified atom stereocenters. The number of nitrogens with one attached hydrogen (secondary N) is 2. The average molecular weight is 214 g/mol. The molecule has 4 heteroatoms. The third kappa shape index (κ3) is 4.51. The standard InChI is InChI=1S/C11H22N2O2/c1-8-9(5-6-12-8)7-13-10(14)15-11(2,3)4/h8-9,12H,5-7H2,1-4H3,(H,13,14)/t8-,9-/m0/s1. The van der Waals surface area contributed by atoms with Crippen molar-refractivity contribution in [1.82, 2.24) is 10.6 Å². The molecule has 1 heterocycles. The van der Waals surface area contributed by atoms with Gasteiger partial charge in [-0.3, -0.25) is 0 Å². The van der Waals surface area contributed by atoms with Crippen molar-refractivity contribution in [3.63, 3.8) is 0 Å². The number of hydrogen-bond acceptors (Lipinski definition) is 3. The first kappa shape index (κ1) is 12.3. The van der Waals surface area contributed by atoms with Gasteiger partial charge in [-0.05, 0) is 46.6 Å². The minimum Gasteiger partial charge on any atom is -0.444 e. The molecule has 1 rings (SSSR count). The summed E-state index contributed by atoms with van der Waals surface area (Å²) in [4.78, 5) is 11.4. The van der Waals surface area contributed by atoms with E-state index < -0.39 is 5.60 Å². The molecule has 4 nitrogen and oxygen atoms in total. The molecular weight excluding hydrogens is 192 g/mol. The molecule has 88 valence electrons. The maximum atomic E-state index is 11.4. The molecule has 2 atom stereocenters. The normalized spacial score (nSPS) is 26.4. The SMILES string of the molecule is C[C@@H]1NCC[C@H]1CNC(=O)OC(C)(C)C.